The number of carbonyl (C=O) groups is 1. The van der Waals surface area contributed by atoms with Gasteiger partial charge in [-0.05, 0) is 29.8 Å². The van der Waals surface area contributed by atoms with E-state index in [9.17, 15) is 13.2 Å². The molecule has 0 radical (unpaired) electrons. The number of sulfonamides is 1. The zero-order valence-corrected chi connectivity index (χ0v) is 17.9. The maximum absolute atomic E-state index is 13.7. The van der Waals surface area contributed by atoms with Crippen molar-refractivity contribution in [3.63, 3.8) is 0 Å². The minimum Gasteiger partial charge on any atom is -0.497 e. The van der Waals surface area contributed by atoms with Gasteiger partial charge in [0, 0.05) is 17.8 Å². The number of rotatable bonds is 6. The van der Waals surface area contributed by atoms with Crippen LogP contribution < -0.4 is 18.5 Å². The van der Waals surface area contributed by atoms with Crippen LogP contribution in [0.1, 0.15) is 17.0 Å². The molecule has 0 spiro atoms. The highest BCUT2D eigenvalue weighted by atomic mass is 32.2. The quantitative estimate of drug-likeness (QED) is 0.582. The molecule has 1 aliphatic rings. The summed E-state index contributed by atoms with van der Waals surface area (Å²) < 4.78 is 43.9. The third-order valence-corrected chi connectivity index (χ3v) is 6.86. The van der Waals surface area contributed by atoms with E-state index in [0.717, 1.165) is 4.31 Å². The zero-order chi connectivity index (χ0) is 22.2. The van der Waals surface area contributed by atoms with Gasteiger partial charge in [-0.25, -0.2) is 17.7 Å². The van der Waals surface area contributed by atoms with Gasteiger partial charge in [-0.1, -0.05) is 24.3 Å². The molecule has 2 heterocycles. The van der Waals surface area contributed by atoms with Gasteiger partial charge in [-0.15, -0.1) is 0 Å². The lowest BCUT2D eigenvalue weighted by molar-refractivity contribution is -0.117. The van der Waals surface area contributed by atoms with Gasteiger partial charge in [-0.2, -0.15) is 0 Å². The van der Waals surface area contributed by atoms with Gasteiger partial charge < -0.3 is 14.2 Å². The lowest BCUT2D eigenvalue weighted by Crippen LogP contribution is -2.35. The van der Waals surface area contributed by atoms with Gasteiger partial charge in [0.25, 0.3) is 15.9 Å². The molecule has 1 aliphatic heterocycles. The predicted molar refractivity (Wildman–Crippen MR) is 113 cm³/mol. The van der Waals surface area contributed by atoms with Crippen LogP contribution in [-0.2, 0) is 14.8 Å². The van der Waals surface area contributed by atoms with Crippen LogP contribution in [0.15, 0.2) is 65.7 Å². The summed E-state index contributed by atoms with van der Waals surface area (Å²) in [5.41, 5.74) is 1.32. The molecule has 0 N–H and O–H groups in total. The van der Waals surface area contributed by atoms with Crippen LogP contribution in [0.2, 0.25) is 0 Å². The normalized spacial score (nSPS) is 15.5. The molecule has 0 saturated carbocycles. The van der Waals surface area contributed by atoms with Crippen molar-refractivity contribution in [2.75, 3.05) is 25.6 Å². The van der Waals surface area contributed by atoms with Crippen LogP contribution in [0, 0.1) is 0 Å². The molecular formula is C22H20N2O6S. The van der Waals surface area contributed by atoms with Gasteiger partial charge in [-0.3, -0.25) is 4.79 Å². The van der Waals surface area contributed by atoms with Crippen LogP contribution in [0.25, 0.3) is 0 Å². The van der Waals surface area contributed by atoms with Crippen molar-refractivity contribution in [3.8, 4) is 17.4 Å². The largest absolute Gasteiger partial charge is 0.497 e. The molecule has 8 nitrogen and oxygen atoms in total. The minimum atomic E-state index is -4.29. The maximum Gasteiger partial charge on any atom is 0.274 e. The Morgan fingerprint density at radius 1 is 0.903 bits per heavy atom. The van der Waals surface area contributed by atoms with E-state index in [2.05, 4.69) is 4.98 Å². The molecule has 3 aromatic rings. The highest BCUT2D eigenvalue weighted by molar-refractivity contribution is 7.93. The van der Waals surface area contributed by atoms with E-state index in [-0.39, 0.29) is 22.2 Å². The number of ether oxygens (including phenoxy) is 3. The molecular weight excluding hydrogens is 420 g/mol. The molecule has 9 heteroatoms. The molecule has 0 aliphatic carbocycles. The molecule has 0 fully saturated rings. The number of aromatic nitrogens is 1. The molecule has 2 aromatic carbocycles. The summed E-state index contributed by atoms with van der Waals surface area (Å²) >= 11 is 0. The van der Waals surface area contributed by atoms with Crippen molar-refractivity contribution in [3.05, 3.63) is 71.9 Å². The third-order valence-electron chi connectivity index (χ3n) is 5.11. The summed E-state index contributed by atoms with van der Waals surface area (Å²) in [6.45, 7) is 0. The van der Waals surface area contributed by atoms with E-state index in [1.807, 2.05) is 0 Å². The van der Waals surface area contributed by atoms with E-state index in [1.165, 1.54) is 39.5 Å². The summed E-state index contributed by atoms with van der Waals surface area (Å²) in [6, 6.07) is 14.5. The second kappa shape index (κ2) is 7.92. The lowest BCUT2D eigenvalue weighted by Gasteiger charge is -2.20. The third kappa shape index (κ3) is 3.27. The van der Waals surface area contributed by atoms with E-state index < -0.39 is 21.8 Å². The summed E-state index contributed by atoms with van der Waals surface area (Å²) in [5.74, 6) is -0.727. The molecule has 4 rings (SSSR count). The summed E-state index contributed by atoms with van der Waals surface area (Å²) in [4.78, 5) is 17.6. The average Bonchev–Trinajstić information content (AvgIpc) is 3.10. The summed E-state index contributed by atoms with van der Waals surface area (Å²) in [5, 5.41) is 0. The number of nitrogens with zero attached hydrogens (tertiary/aromatic N) is 2. The first-order valence-electron chi connectivity index (χ1n) is 9.33. The number of hydrogen-bond donors (Lipinski definition) is 0. The monoisotopic (exact) mass is 440 g/mol. The Morgan fingerprint density at radius 2 is 1.65 bits per heavy atom. The van der Waals surface area contributed by atoms with Crippen LogP contribution in [0.3, 0.4) is 0 Å². The van der Waals surface area contributed by atoms with Crippen LogP contribution in [0.4, 0.5) is 5.69 Å². The molecule has 1 aromatic heterocycles. The number of para-hydroxylation sites is 1. The predicted octanol–water partition coefficient (Wildman–Crippen LogP) is 2.97. The Hall–Kier alpha value is -3.59. The number of carbonyl (C=O) groups excluding carboxylic acids is 1. The van der Waals surface area contributed by atoms with Crippen molar-refractivity contribution < 1.29 is 27.4 Å². The van der Waals surface area contributed by atoms with Crippen LogP contribution >= 0.6 is 0 Å². The fourth-order valence-electron chi connectivity index (χ4n) is 3.71. The highest BCUT2D eigenvalue weighted by Gasteiger charge is 2.46. The lowest BCUT2D eigenvalue weighted by atomic mass is 9.93. The van der Waals surface area contributed by atoms with Gasteiger partial charge in [0.05, 0.1) is 32.9 Å². The van der Waals surface area contributed by atoms with Crippen molar-refractivity contribution in [1.82, 2.24) is 4.98 Å². The number of hydrogen-bond acceptors (Lipinski definition) is 7. The molecule has 1 amide bonds. The Labute approximate surface area is 180 Å². The minimum absolute atomic E-state index is 0.0760. The molecule has 0 bridgehead atoms. The molecule has 0 saturated heterocycles. The fraction of sp³-hybridized carbons (Fsp3) is 0.182. The first kappa shape index (κ1) is 20.7. The molecule has 31 heavy (non-hydrogen) atoms. The van der Waals surface area contributed by atoms with Crippen molar-refractivity contribution in [2.24, 2.45) is 0 Å². The van der Waals surface area contributed by atoms with E-state index in [1.54, 1.807) is 42.6 Å². The van der Waals surface area contributed by atoms with Crippen molar-refractivity contribution in [2.45, 2.75) is 10.8 Å². The number of pyridine rings is 1. The Kier molecular flexibility index (Phi) is 5.28. The fourth-order valence-corrected chi connectivity index (χ4v) is 5.31. The second-order valence-corrected chi connectivity index (χ2v) is 8.47. The number of methoxy groups -OCH3 is 3. The number of amides is 1. The zero-order valence-electron chi connectivity index (χ0n) is 17.1. The van der Waals surface area contributed by atoms with Gasteiger partial charge in [0.2, 0.25) is 5.88 Å². The van der Waals surface area contributed by atoms with Crippen LogP contribution in [-0.4, -0.2) is 40.6 Å². The molecule has 1 unspecified atom stereocenters. The van der Waals surface area contributed by atoms with Gasteiger partial charge in [0.1, 0.15) is 16.4 Å². The van der Waals surface area contributed by atoms with E-state index in [0.29, 0.717) is 16.9 Å². The number of anilines is 1. The Morgan fingerprint density at radius 3 is 2.35 bits per heavy atom. The molecule has 1 atom stereocenters. The highest BCUT2D eigenvalue weighted by Crippen LogP contribution is 2.46. The standard InChI is InChI=1S/C22H20N2O6S/c1-28-14-10-11-19(18(13-14)29-2)31(26,27)24-17-9-5-4-7-15(17)20(22(24)25)16-8-6-12-23-21(16)30-3/h4-13,20H,1-3H3. The van der Waals surface area contributed by atoms with Crippen molar-refractivity contribution >= 4 is 21.6 Å². The first-order chi connectivity index (χ1) is 14.9. The maximum atomic E-state index is 13.7. The first-order valence-corrected chi connectivity index (χ1v) is 10.8. The smallest absolute Gasteiger partial charge is 0.274 e. The Balaban J connectivity index is 1.90. The topological polar surface area (TPSA) is 95.0 Å². The van der Waals surface area contributed by atoms with E-state index >= 15 is 0 Å². The van der Waals surface area contributed by atoms with Gasteiger partial charge in [0.15, 0.2) is 0 Å². The average molecular weight is 440 g/mol. The SMILES string of the molecule is COc1ccc(S(=O)(=O)N2C(=O)C(c3cccnc3OC)c3ccccc32)c(OC)c1. The number of fused-ring (bicyclic) bond motifs is 1. The van der Waals surface area contributed by atoms with E-state index in [4.69, 9.17) is 14.2 Å². The second-order valence-electron chi connectivity index (χ2n) is 6.72. The number of benzene rings is 2. The summed E-state index contributed by atoms with van der Waals surface area (Å²) in [7, 11) is -0.00991. The Bertz CT molecular complexity index is 1260. The van der Waals surface area contributed by atoms with Crippen molar-refractivity contribution in [1.29, 1.82) is 0 Å². The molecule has 160 valence electrons. The van der Waals surface area contributed by atoms with Gasteiger partial charge >= 0.3 is 0 Å². The van der Waals surface area contributed by atoms with Crippen LogP contribution in [0.5, 0.6) is 17.4 Å². The summed E-state index contributed by atoms with van der Waals surface area (Å²) in [6.07, 6.45) is 1.55.